The van der Waals surface area contributed by atoms with Gasteiger partial charge in [0.15, 0.2) is 0 Å². The Balaban J connectivity index is 1.74. The van der Waals surface area contributed by atoms with Gasteiger partial charge >= 0.3 is 0 Å². The Morgan fingerprint density at radius 2 is 1.94 bits per heavy atom. The highest BCUT2D eigenvalue weighted by atomic mass is 79.9. The zero-order valence-corrected chi connectivity index (χ0v) is 18.8. The van der Waals surface area contributed by atoms with Gasteiger partial charge in [-0.2, -0.15) is 10.1 Å². The fourth-order valence-electron chi connectivity index (χ4n) is 2.72. The first-order valence-corrected chi connectivity index (χ1v) is 10.8. The number of nitro benzene ring substituents is 1. The lowest BCUT2D eigenvalue weighted by Gasteiger charge is -2.14. The van der Waals surface area contributed by atoms with Crippen molar-refractivity contribution in [1.29, 1.82) is 0 Å². The Bertz CT molecular complexity index is 1320. The molecule has 0 atom stereocenters. The summed E-state index contributed by atoms with van der Waals surface area (Å²) in [5, 5.41) is 17.2. The van der Waals surface area contributed by atoms with Crippen LogP contribution in [0.2, 0.25) is 5.02 Å². The van der Waals surface area contributed by atoms with Gasteiger partial charge in [-0.05, 0) is 54.1 Å². The van der Waals surface area contributed by atoms with E-state index in [2.05, 4.69) is 26.0 Å². The molecule has 0 N–H and O–H groups in total. The number of fused-ring (bicyclic) bond motifs is 1. The van der Waals surface area contributed by atoms with Gasteiger partial charge in [0.1, 0.15) is 0 Å². The summed E-state index contributed by atoms with van der Waals surface area (Å²) in [5.74, 6) is -0.404. The minimum atomic E-state index is -0.477. The second kappa shape index (κ2) is 8.93. The number of nitro groups is 1. The van der Waals surface area contributed by atoms with Gasteiger partial charge < -0.3 is 0 Å². The maximum atomic E-state index is 13.2. The number of rotatable bonds is 5. The van der Waals surface area contributed by atoms with Crippen LogP contribution < -0.4 is 5.01 Å². The summed E-state index contributed by atoms with van der Waals surface area (Å²) in [4.78, 5) is 28.1. The van der Waals surface area contributed by atoms with Crippen molar-refractivity contribution in [2.75, 3.05) is 5.01 Å². The van der Waals surface area contributed by atoms with Crippen LogP contribution in [0.5, 0.6) is 0 Å². The molecular formula is C21H12BrClN4O3S. The normalized spacial score (nSPS) is 11.2. The third-order valence-electron chi connectivity index (χ3n) is 4.21. The number of hydrogen-bond donors (Lipinski definition) is 0. The zero-order valence-electron chi connectivity index (χ0n) is 15.6. The van der Waals surface area contributed by atoms with E-state index in [0.717, 1.165) is 14.7 Å². The van der Waals surface area contributed by atoms with Crippen molar-refractivity contribution in [2.24, 2.45) is 5.10 Å². The largest absolute Gasteiger partial charge is 0.280 e. The van der Waals surface area contributed by atoms with Crippen molar-refractivity contribution in [3.8, 4) is 0 Å². The van der Waals surface area contributed by atoms with Crippen LogP contribution in [0.3, 0.4) is 0 Å². The van der Waals surface area contributed by atoms with Crippen molar-refractivity contribution in [3.05, 3.63) is 97.5 Å². The van der Waals surface area contributed by atoms with Gasteiger partial charge in [-0.3, -0.25) is 14.9 Å². The number of halogens is 2. The Hall–Kier alpha value is -3.14. The molecule has 1 heterocycles. The second-order valence-corrected chi connectivity index (χ2v) is 8.69. The molecule has 0 saturated carbocycles. The number of aromatic nitrogens is 1. The topological polar surface area (TPSA) is 88.7 Å². The molecule has 0 spiro atoms. The summed E-state index contributed by atoms with van der Waals surface area (Å²) < 4.78 is 1.79. The number of carbonyl (C=O) groups excluding carboxylic acids is 1. The second-order valence-electron chi connectivity index (χ2n) is 6.33. The predicted octanol–water partition coefficient (Wildman–Crippen LogP) is 6.30. The van der Waals surface area contributed by atoms with Gasteiger partial charge in [0.05, 0.1) is 21.4 Å². The minimum Gasteiger partial charge on any atom is -0.267 e. The smallest absolute Gasteiger partial charge is 0.267 e. The molecule has 0 radical (unpaired) electrons. The maximum absolute atomic E-state index is 13.2. The molecule has 4 aromatic rings. The SMILES string of the molecule is O=C(c1cccc(Cl)c1)N(/N=C/c1ccc([N+](=O)[O-])cc1)c1nc2ccc(Br)cc2s1. The lowest BCUT2D eigenvalue weighted by molar-refractivity contribution is -0.384. The summed E-state index contributed by atoms with van der Waals surface area (Å²) in [7, 11) is 0. The van der Waals surface area contributed by atoms with E-state index in [4.69, 9.17) is 11.6 Å². The number of carbonyl (C=O) groups is 1. The fourth-order valence-corrected chi connectivity index (χ4v) is 4.38. The van der Waals surface area contributed by atoms with Crippen molar-refractivity contribution >= 4 is 72.0 Å². The number of benzene rings is 3. The molecule has 10 heteroatoms. The van der Waals surface area contributed by atoms with Crippen molar-refractivity contribution in [2.45, 2.75) is 0 Å². The Kier molecular flexibility index (Phi) is 6.08. The van der Waals surface area contributed by atoms with Gasteiger partial charge in [-0.25, -0.2) is 4.98 Å². The number of amides is 1. The Morgan fingerprint density at radius 1 is 1.16 bits per heavy atom. The molecule has 0 aliphatic carbocycles. The molecule has 0 aliphatic heterocycles. The number of nitrogens with zero attached hydrogens (tertiary/aromatic N) is 4. The van der Waals surface area contributed by atoms with Crippen LogP contribution in [0.25, 0.3) is 10.2 Å². The Morgan fingerprint density at radius 3 is 2.65 bits per heavy atom. The number of hydrogen-bond acceptors (Lipinski definition) is 6. The summed E-state index contributed by atoms with van der Waals surface area (Å²) >= 11 is 10.8. The number of non-ortho nitro benzene ring substituents is 1. The molecule has 7 nitrogen and oxygen atoms in total. The van der Waals surface area contributed by atoms with Crippen LogP contribution in [-0.4, -0.2) is 22.0 Å². The van der Waals surface area contributed by atoms with E-state index < -0.39 is 10.8 Å². The summed E-state index contributed by atoms with van der Waals surface area (Å²) in [6.45, 7) is 0. The van der Waals surface area contributed by atoms with Crippen LogP contribution in [-0.2, 0) is 0 Å². The lowest BCUT2D eigenvalue weighted by atomic mass is 10.2. The van der Waals surface area contributed by atoms with Gasteiger partial charge in [-0.1, -0.05) is 44.9 Å². The van der Waals surface area contributed by atoms with E-state index in [1.165, 1.54) is 34.7 Å². The van der Waals surface area contributed by atoms with E-state index in [9.17, 15) is 14.9 Å². The van der Waals surface area contributed by atoms with E-state index in [0.29, 0.717) is 21.3 Å². The molecular weight excluding hydrogens is 504 g/mol. The van der Waals surface area contributed by atoms with Crippen LogP contribution >= 0.6 is 38.9 Å². The predicted molar refractivity (Wildman–Crippen MR) is 126 cm³/mol. The first kappa shape index (κ1) is 21.1. The third-order valence-corrected chi connectivity index (χ3v) is 5.93. The molecule has 0 aliphatic rings. The van der Waals surface area contributed by atoms with Crippen molar-refractivity contribution in [3.63, 3.8) is 0 Å². The van der Waals surface area contributed by atoms with Crippen molar-refractivity contribution in [1.82, 2.24) is 4.98 Å². The Labute approximate surface area is 193 Å². The number of hydrazone groups is 1. The van der Waals surface area contributed by atoms with Gasteiger partial charge in [-0.15, -0.1) is 0 Å². The fraction of sp³-hybridized carbons (Fsp3) is 0. The first-order valence-electron chi connectivity index (χ1n) is 8.85. The average molecular weight is 516 g/mol. The monoisotopic (exact) mass is 514 g/mol. The maximum Gasteiger partial charge on any atom is 0.280 e. The van der Waals surface area contributed by atoms with E-state index in [1.54, 1.807) is 36.4 Å². The van der Waals surface area contributed by atoms with Gasteiger partial charge in [0, 0.05) is 27.2 Å². The number of thiazole rings is 1. The van der Waals surface area contributed by atoms with Crippen LogP contribution in [0, 0.1) is 10.1 Å². The highest BCUT2D eigenvalue weighted by Gasteiger charge is 2.21. The molecule has 4 rings (SSSR count). The lowest BCUT2D eigenvalue weighted by Crippen LogP contribution is -2.25. The summed E-state index contributed by atoms with van der Waals surface area (Å²) in [6.07, 6.45) is 1.45. The molecule has 1 aromatic heterocycles. The molecule has 31 heavy (non-hydrogen) atoms. The molecule has 154 valence electrons. The molecule has 0 unspecified atom stereocenters. The zero-order chi connectivity index (χ0) is 22.0. The highest BCUT2D eigenvalue weighted by Crippen LogP contribution is 2.32. The summed E-state index contributed by atoms with van der Waals surface area (Å²) in [6, 6.07) is 18.1. The molecule has 0 bridgehead atoms. The van der Waals surface area contributed by atoms with Crippen molar-refractivity contribution < 1.29 is 9.72 Å². The average Bonchev–Trinajstić information content (AvgIpc) is 3.16. The molecule has 0 fully saturated rings. The molecule has 0 saturated heterocycles. The summed E-state index contributed by atoms with van der Waals surface area (Å²) in [5.41, 5.74) is 1.66. The van der Waals surface area contributed by atoms with E-state index >= 15 is 0 Å². The standard InChI is InChI=1S/C21H12BrClN4O3S/c22-15-6-9-18-19(11-15)31-21(25-18)26(20(28)14-2-1-3-16(23)10-14)24-12-13-4-7-17(8-5-13)27(29)30/h1-12H/b24-12+. The van der Waals surface area contributed by atoms with Crippen LogP contribution in [0.4, 0.5) is 10.8 Å². The third kappa shape index (κ3) is 4.79. The first-order chi connectivity index (χ1) is 14.9. The van der Waals surface area contributed by atoms with Gasteiger partial charge in [0.25, 0.3) is 11.6 Å². The van der Waals surface area contributed by atoms with E-state index in [-0.39, 0.29) is 5.69 Å². The van der Waals surface area contributed by atoms with Gasteiger partial charge in [0.2, 0.25) is 5.13 Å². The molecule has 3 aromatic carbocycles. The highest BCUT2D eigenvalue weighted by molar-refractivity contribution is 9.10. The quantitative estimate of drug-likeness (QED) is 0.177. The van der Waals surface area contributed by atoms with Crippen LogP contribution in [0.1, 0.15) is 15.9 Å². The van der Waals surface area contributed by atoms with Crippen LogP contribution in [0.15, 0.2) is 76.3 Å². The minimum absolute atomic E-state index is 0.0271. The molecule has 1 amide bonds. The number of anilines is 1. The van der Waals surface area contributed by atoms with E-state index in [1.807, 2.05) is 18.2 Å².